The van der Waals surface area contributed by atoms with Gasteiger partial charge in [-0.3, -0.25) is 19.4 Å². The van der Waals surface area contributed by atoms with Crippen LogP contribution in [0.15, 0.2) is 82.0 Å². The summed E-state index contributed by atoms with van der Waals surface area (Å²) in [4.78, 5) is 43.5. The minimum Gasteiger partial charge on any atom is -0.399 e. The number of carbonyl (C=O) groups is 2. The molecule has 61 heavy (non-hydrogen) atoms. The molecule has 6 aromatic rings. The van der Waals surface area contributed by atoms with E-state index in [0.29, 0.717) is 61.3 Å². The minimum absolute atomic E-state index is 0.0853. The van der Waals surface area contributed by atoms with Gasteiger partial charge in [-0.15, -0.1) is 0 Å². The van der Waals surface area contributed by atoms with Crippen LogP contribution in [0.2, 0.25) is 5.28 Å². The molecule has 2 amide bonds. The molecule has 0 bridgehead atoms. The third kappa shape index (κ3) is 13.5. The van der Waals surface area contributed by atoms with Crippen LogP contribution < -0.4 is 21.7 Å². The standard InChI is InChI=1S/C21H21BrFN5O2.C13H19N3O2.C8H3BrClFN2/c1-13(29)25-15-8-14(12-28-4-6-30-7-5-28)9-16(10-15)26-21-24-11-17-19(27-21)3-2-18(22)20(17)23;1-10(17)15-13-7-11(6-12(14)8-13)9-16-2-4-18-5-3-16;9-5-1-2-6-4(7(5)11)3-12-8(10)13-6/h2-3,8-11H,4-7,12H2,1H3,(H,25,29)(H,24,26,27);6-8H,2-5,9,14H2,1H3,(H,15,17);1-3H. The lowest BCUT2D eigenvalue weighted by Crippen LogP contribution is -2.35. The van der Waals surface area contributed by atoms with E-state index in [1.165, 1.54) is 26.2 Å². The molecule has 2 aromatic heterocycles. The Kier molecular flexibility index (Phi) is 16.2. The summed E-state index contributed by atoms with van der Waals surface area (Å²) in [7, 11) is 0. The normalized spacial score (nSPS) is 14.3. The molecule has 0 spiro atoms. The van der Waals surface area contributed by atoms with E-state index in [0.717, 1.165) is 75.0 Å². The number of benzene rings is 4. The first kappa shape index (κ1) is 45.6. The Hall–Kier alpha value is -4.95. The number of rotatable bonds is 8. The molecule has 320 valence electrons. The Bertz CT molecular complexity index is 2510. The van der Waals surface area contributed by atoms with Crippen LogP contribution in [-0.4, -0.2) is 94.2 Å². The molecule has 5 N–H and O–H groups in total. The zero-order chi connectivity index (χ0) is 43.5. The van der Waals surface area contributed by atoms with Gasteiger partial charge in [0, 0.05) is 88.3 Å². The summed E-state index contributed by atoms with van der Waals surface area (Å²) in [5, 5.41) is 9.59. The molecule has 0 aliphatic carbocycles. The number of amides is 2. The molecule has 19 heteroatoms. The van der Waals surface area contributed by atoms with Gasteiger partial charge in [0.15, 0.2) is 0 Å². The zero-order valence-corrected chi connectivity index (χ0v) is 37.2. The van der Waals surface area contributed by atoms with Crippen LogP contribution in [0.3, 0.4) is 0 Å². The maximum absolute atomic E-state index is 14.2. The Labute approximate surface area is 372 Å². The van der Waals surface area contributed by atoms with Gasteiger partial charge in [0.2, 0.25) is 23.0 Å². The molecule has 0 unspecified atom stereocenters. The lowest BCUT2D eigenvalue weighted by atomic mass is 10.1. The molecule has 14 nitrogen and oxygen atoms in total. The van der Waals surface area contributed by atoms with Crippen LogP contribution >= 0.6 is 43.5 Å². The molecule has 2 aliphatic heterocycles. The van der Waals surface area contributed by atoms with Crippen LogP contribution in [0.1, 0.15) is 25.0 Å². The van der Waals surface area contributed by atoms with E-state index in [1.54, 1.807) is 30.3 Å². The van der Waals surface area contributed by atoms with E-state index in [-0.39, 0.29) is 28.7 Å². The van der Waals surface area contributed by atoms with Gasteiger partial charge >= 0.3 is 0 Å². The maximum atomic E-state index is 14.2. The van der Waals surface area contributed by atoms with E-state index in [4.69, 9.17) is 26.8 Å². The number of nitrogens with two attached hydrogens (primary N) is 1. The largest absolute Gasteiger partial charge is 0.399 e. The van der Waals surface area contributed by atoms with Crippen molar-refractivity contribution in [3.05, 3.63) is 110 Å². The smallest absolute Gasteiger partial charge is 0.227 e. The van der Waals surface area contributed by atoms with Crippen molar-refractivity contribution in [3.63, 3.8) is 0 Å². The summed E-state index contributed by atoms with van der Waals surface area (Å²) >= 11 is 11.8. The summed E-state index contributed by atoms with van der Waals surface area (Å²) in [6.45, 7) is 11.1. The number of anilines is 5. The fraction of sp³-hybridized carbons (Fsp3) is 0.286. The monoisotopic (exact) mass is 982 g/mol. The van der Waals surface area contributed by atoms with E-state index in [9.17, 15) is 18.4 Å². The second-order valence-corrected chi connectivity index (χ2v) is 16.1. The summed E-state index contributed by atoms with van der Waals surface area (Å²) in [5.74, 6) is -0.638. The van der Waals surface area contributed by atoms with Crippen molar-refractivity contribution in [2.75, 3.05) is 74.3 Å². The predicted molar refractivity (Wildman–Crippen MR) is 241 cm³/mol. The van der Waals surface area contributed by atoms with E-state index >= 15 is 0 Å². The van der Waals surface area contributed by atoms with Crippen LogP contribution in [0.4, 0.5) is 37.5 Å². The lowest BCUT2D eigenvalue weighted by Gasteiger charge is -2.27. The number of morpholine rings is 2. The van der Waals surface area contributed by atoms with Gasteiger partial charge in [-0.25, -0.2) is 28.7 Å². The first-order valence-electron chi connectivity index (χ1n) is 19.1. The summed E-state index contributed by atoms with van der Waals surface area (Å²) in [5.41, 5.74) is 11.9. The Balaban J connectivity index is 0.000000170. The van der Waals surface area contributed by atoms with Crippen molar-refractivity contribution in [2.45, 2.75) is 26.9 Å². The Morgan fingerprint density at radius 3 is 1.72 bits per heavy atom. The van der Waals surface area contributed by atoms with Crippen molar-refractivity contribution in [2.24, 2.45) is 0 Å². The first-order valence-corrected chi connectivity index (χ1v) is 21.1. The van der Waals surface area contributed by atoms with Crippen molar-refractivity contribution in [3.8, 4) is 0 Å². The average Bonchev–Trinajstić information content (AvgIpc) is 3.21. The number of nitrogens with zero attached hydrogens (tertiary/aromatic N) is 6. The summed E-state index contributed by atoms with van der Waals surface area (Å²) in [6, 6.07) is 18.1. The highest BCUT2D eigenvalue weighted by Crippen LogP contribution is 2.27. The molecular formula is C42H43Br2ClF2N10O4. The van der Waals surface area contributed by atoms with E-state index < -0.39 is 0 Å². The summed E-state index contributed by atoms with van der Waals surface area (Å²) in [6.07, 6.45) is 2.82. The van der Waals surface area contributed by atoms with Crippen LogP contribution in [-0.2, 0) is 32.2 Å². The second kappa shape index (κ2) is 21.7. The summed E-state index contributed by atoms with van der Waals surface area (Å²) < 4.78 is 39.1. The quantitative estimate of drug-likeness (QED) is 0.0851. The molecule has 4 heterocycles. The highest BCUT2D eigenvalue weighted by atomic mass is 79.9. The third-order valence-corrected chi connectivity index (χ3v) is 10.6. The van der Waals surface area contributed by atoms with Crippen molar-refractivity contribution < 1.29 is 27.8 Å². The Morgan fingerprint density at radius 1 is 0.705 bits per heavy atom. The highest BCUT2D eigenvalue weighted by molar-refractivity contribution is 9.10. The Morgan fingerprint density at radius 2 is 1.18 bits per heavy atom. The second-order valence-electron chi connectivity index (χ2n) is 14.1. The number of nitrogens with one attached hydrogen (secondary N) is 3. The van der Waals surface area contributed by atoms with E-state index in [1.807, 2.05) is 30.3 Å². The lowest BCUT2D eigenvalue weighted by molar-refractivity contribution is -0.115. The maximum Gasteiger partial charge on any atom is 0.227 e. The molecule has 2 aliphatic rings. The molecule has 0 atom stereocenters. The number of ether oxygens (including phenoxy) is 2. The number of carbonyl (C=O) groups excluding carboxylic acids is 2. The number of aromatic nitrogens is 4. The SMILES string of the molecule is CC(=O)Nc1cc(CN2CCOCC2)cc(Nc2ncc3c(F)c(Br)ccc3n2)c1.CC(=O)Nc1cc(N)cc(CN2CCOCC2)c1.Fc1c(Br)ccc2nc(Cl)ncc12. The van der Waals surface area contributed by atoms with Gasteiger partial charge in [0.05, 0.1) is 57.2 Å². The number of nitrogen functional groups attached to an aromatic ring is 1. The number of hydrogen-bond donors (Lipinski definition) is 4. The number of halogens is 5. The van der Waals surface area contributed by atoms with Crippen molar-refractivity contribution in [1.82, 2.24) is 29.7 Å². The highest BCUT2D eigenvalue weighted by Gasteiger charge is 2.15. The van der Waals surface area contributed by atoms with Gasteiger partial charge in [0.1, 0.15) is 11.6 Å². The van der Waals surface area contributed by atoms with Gasteiger partial charge in [0.25, 0.3) is 0 Å². The number of fused-ring (bicyclic) bond motifs is 2. The number of hydrogen-bond acceptors (Lipinski definition) is 12. The van der Waals surface area contributed by atoms with Gasteiger partial charge < -0.3 is 31.2 Å². The average molecular weight is 985 g/mol. The molecule has 4 aromatic carbocycles. The van der Waals surface area contributed by atoms with Crippen molar-refractivity contribution in [1.29, 1.82) is 0 Å². The first-order chi connectivity index (χ1) is 29.3. The van der Waals surface area contributed by atoms with Gasteiger partial charge in [-0.1, -0.05) is 0 Å². The van der Waals surface area contributed by atoms with Crippen LogP contribution in [0.25, 0.3) is 21.8 Å². The third-order valence-electron chi connectivity index (χ3n) is 9.20. The molecule has 8 rings (SSSR count). The molecule has 0 saturated carbocycles. The zero-order valence-electron chi connectivity index (χ0n) is 33.3. The predicted octanol–water partition coefficient (Wildman–Crippen LogP) is 8.31. The molecular weight excluding hydrogens is 942 g/mol. The van der Waals surface area contributed by atoms with Gasteiger partial charge in [-0.2, -0.15) is 0 Å². The molecule has 0 radical (unpaired) electrons. The molecule has 2 fully saturated rings. The van der Waals surface area contributed by atoms with Crippen LogP contribution in [0.5, 0.6) is 0 Å². The molecule has 2 saturated heterocycles. The fourth-order valence-electron chi connectivity index (χ4n) is 6.51. The fourth-order valence-corrected chi connectivity index (χ4v) is 7.34. The van der Waals surface area contributed by atoms with Crippen LogP contribution in [0, 0.1) is 11.6 Å². The van der Waals surface area contributed by atoms with Crippen molar-refractivity contribution >= 4 is 106 Å². The topological polar surface area (TPSA) is 173 Å². The minimum atomic E-state index is -0.389. The van der Waals surface area contributed by atoms with Gasteiger partial charge in [-0.05, 0) is 115 Å². The van der Waals surface area contributed by atoms with E-state index in [2.05, 4.69) is 77.5 Å².